The Morgan fingerprint density at radius 2 is 2.21 bits per heavy atom. The minimum atomic E-state index is 0.668. The van der Waals surface area contributed by atoms with Crippen LogP contribution >= 0.6 is 11.6 Å². The Kier molecular flexibility index (Phi) is 2.78. The van der Waals surface area contributed by atoms with Gasteiger partial charge in [0.05, 0.1) is 0 Å². The van der Waals surface area contributed by atoms with E-state index >= 15 is 0 Å². The van der Waals surface area contributed by atoms with Gasteiger partial charge in [-0.2, -0.15) is 0 Å². The van der Waals surface area contributed by atoms with Gasteiger partial charge in [-0.25, -0.2) is 4.98 Å². The molecule has 0 fully saturated rings. The number of rotatable bonds is 2. The normalized spacial score (nSPS) is 14.9. The minimum Gasteiger partial charge on any atom is -0.241 e. The van der Waals surface area contributed by atoms with Gasteiger partial charge in [-0.05, 0) is 48.8 Å². The first-order valence-corrected chi connectivity index (χ1v) is 5.72. The van der Waals surface area contributed by atoms with Crippen molar-refractivity contribution in [3.05, 3.63) is 28.0 Å². The van der Waals surface area contributed by atoms with E-state index in [1.165, 1.54) is 29.7 Å². The van der Waals surface area contributed by atoms with Crippen LogP contribution in [-0.2, 0) is 19.3 Å². The van der Waals surface area contributed by atoms with Crippen molar-refractivity contribution in [2.24, 2.45) is 5.92 Å². The molecule has 0 spiro atoms. The van der Waals surface area contributed by atoms with Gasteiger partial charge in [-0.15, -0.1) is 0 Å². The SMILES string of the molecule is CC(C)Cc1cc(Cl)nc2c1CCC2. The third-order valence-electron chi connectivity index (χ3n) is 2.74. The minimum absolute atomic E-state index is 0.668. The van der Waals surface area contributed by atoms with E-state index in [0.717, 1.165) is 12.8 Å². The summed E-state index contributed by atoms with van der Waals surface area (Å²) in [6.07, 6.45) is 4.68. The molecule has 0 aromatic carbocycles. The molecular weight excluding hydrogens is 194 g/mol. The molecule has 1 aliphatic carbocycles. The molecule has 0 bridgehead atoms. The van der Waals surface area contributed by atoms with Crippen LogP contribution in [0, 0.1) is 5.92 Å². The highest BCUT2D eigenvalue weighted by Gasteiger charge is 2.17. The molecule has 0 aliphatic heterocycles. The van der Waals surface area contributed by atoms with Crippen LogP contribution in [0.2, 0.25) is 5.15 Å². The summed E-state index contributed by atoms with van der Waals surface area (Å²) in [7, 11) is 0. The molecule has 0 N–H and O–H groups in total. The second-order valence-corrected chi connectivity index (χ2v) is 4.87. The second kappa shape index (κ2) is 3.90. The summed E-state index contributed by atoms with van der Waals surface area (Å²) >= 11 is 6.00. The molecule has 0 saturated carbocycles. The topological polar surface area (TPSA) is 12.9 Å². The van der Waals surface area contributed by atoms with Gasteiger partial charge in [0.25, 0.3) is 0 Å². The molecule has 1 heterocycles. The molecule has 0 amide bonds. The Morgan fingerprint density at radius 3 is 2.93 bits per heavy atom. The van der Waals surface area contributed by atoms with Gasteiger partial charge >= 0.3 is 0 Å². The first kappa shape index (κ1) is 9.97. The smallest absolute Gasteiger partial charge is 0.129 e. The lowest BCUT2D eigenvalue weighted by atomic mass is 9.98. The van der Waals surface area contributed by atoms with Gasteiger partial charge < -0.3 is 0 Å². The Labute approximate surface area is 90.5 Å². The van der Waals surface area contributed by atoms with E-state index in [1.807, 2.05) is 6.07 Å². The zero-order chi connectivity index (χ0) is 10.1. The number of hydrogen-bond acceptors (Lipinski definition) is 1. The maximum Gasteiger partial charge on any atom is 0.129 e. The zero-order valence-electron chi connectivity index (χ0n) is 8.81. The maximum atomic E-state index is 6.00. The van der Waals surface area contributed by atoms with Crippen molar-refractivity contribution in [1.82, 2.24) is 4.98 Å². The molecule has 14 heavy (non-hydrogen) atoms. The fourth-order valence-corrected chi connectivity index (χ4v) is 2.44. The number of aromatic nitrogens is 1. The van der Waals surface area contributed by atoms with E-state index < -0.39 is 0 Å². The van der Waals surface area contributed by atoms with E-state index in [4.69, 9.17) is 11.6 Å². The predicted molar refractivity (Wildman–Crippen MR) is 59.8 cm³/mol. The van der Waals surface area contributed by atoms with Crippen molar-refractivity contribution in [2.45, 2.75) is 39.5 Å². The fourth-order valence-electron chi connectivity index (χ4n) is 2.21. The first-order chi connectivity index (χ1) is 6.66. The van der Waals surface area contributed by atoms with Crippen LogP contribution in [0.1, 0.15) is 37.1 Å². The number of aryl methyl sites for hydroxylation is 1. The number of fused-ring (bicyclic) bond motifs is 1. The number of hydrogen-bond donors (Lipinski definition) is 0. The monoisotopic (exact) mass is 209 g/mol. The summed E-state index contributed by atoms with van der Waals surface area (Å²) < 4.78 is 0. The third kappa shape index (κ3) is 1.93. The fraction of sp³-hybridized carbons (Fsp3) is 0.583. The molecule has 2 rings (SSSR count). The van der Waals surface area contributed by atoms with Crippen LogP contribution < -0.4 is 0 Å². The molecule has 0 unspecified atom stereocenters. The number of nitrogens with zero attached hydrogens (tertiary/aromatic N) is 1. The lowest BCUT2D eigenvalue weighted by molar-refractivity contribution is 0.642. The Balaban J connectivity index is 2.38. The predicted octanol–water partition coefficient (Wildman–Crippen LogP) is 3.42. The van der Waals surface area contributed by atoms with Gasteiger partial charge in [0.1, 0.15) is 5.15 Å². The van der Waals surface area contributed by atoms with Crippen LogP contribution in [0.5, 0.6) is 0 Å². The Hall–Kier alpha value is -0.560. The Bertz CT molecular complexity index is 344. The molecule has 0 saturated heterocycles. The molecule has 1 nitrogen and oxygen atoms in total. The van der Waals surface area contributed by atoms with Crippen molar-refractivity contribution >= 4 is 11.6 Å². The lowest BCUT2D eigenvalue weighted by Crippen LogP contribution is -2.01. The van der Waals surface area contributed by atoms with Crippen LogP contribution in [0.25, 0.3) is 0 Å². The summed E-state index contributed by atoms with van der Waals surface area (Å²) in [6.45, 7) is 4.49. The highest BCUT2D eigenvalue weighted by atomic mass is 35.5. The summed E-state index contributed by atoms with van der Waals surface area (Å²) in [5, 5.41) is 0.668. The standard InChI is InChI=1S/C12H16ClN/c1-8(2)6-9-7-12(13)14-11-5-3-4-10(9)11/h7-8H,3-6H2,1-2H3. The molecule has 0 atom stereocenters. The summed E-state index contributed by atoms with van der Waals surface area (Å²) in [5.74, 6) is 0.693. The molecule has 1 aromatic heterocycles. The van der Waals surface area contributed by atoms with Gasteiger partial charge in [0.2, 0.25) is 0 Å². The maximum absolute atomic E-state index is 6.00. The summed E-state index contributed by atoms with van der Waals surface area (Å²) in [5.41, 5.74) is 4.14. The highest BCUT2D eigenvalue weighted by molar-refractivity contribution is 6.29. The Morgan fingerprint density at radius 1 is 1.43 bits per heavy atom. The van der Waals surface area contributed by atoms with E-state index in [-0.39, 0.29) is 0 Å². The number of halogens is 1. The average molecular weight is 210 g/mol. The third-order valence-corrected chi connectivity index (χ3v) is 2.93. The molecule has 0 radical (unpaired) electrons. The van der Waals surface area contributed by atoms with Gasteiger partial charge in [0, 0.05) is 5.69 Å². The lowest BCUT2D eigenvalue weighted by Gasteiger charge is -2.10. The van der Waals surface area contributed by atoms with E-state index in [1.54, 1.807) is 0 Å². The summed E-state index contributed by atoms with van der Waals surface area (Å²) in [4.78, 5) is 4.39. The zero-order valence-corrected chi connectivity index (χ0v) is 9.56. The van der Waals surface area contributed by atoms with Gasteiger partial charge in [0.15, 0.2) is 0 Å². The molecule has 1 aromatic rings. The van der Waals surface area contributed by atoms with Gasteiger partial charge in [-0.3, -0.25) is 0 Å². The van der Waals surface area contributed by atoms with Crippen molar-refractivity contribution < 1.29 is 0 Å². The molecule has 76 valence electrons. The van der Waals surface area contributed by atoms with Crippen LogP contribution in [-0.4, -0.2) is 4.98 Å². The van der Waals surface area contributed by atoms with E-state index in [0.29, 0.717) is 11.1 Å². The second-order valence-electron chi connectivity index (χ2n) is 4.48. The molecule has 1 aliphatic rings. The van der Waals surface area contributed by atoms with Gasteiger partial charge in [-0.1, -0.05) is 25.4 Å². The van der Waals surface area contributed by atoms with Crippen molar-refractivity contribution in [1.29, 1.82) is 0 Å². The largest absolute Gasteiger partial charge is 0.241 e. The van der Waals surface area contributed by atoms with Crippen LogP contribution in [0.15, 0.2) is 6.07 Å². The van der Waals surface area contributed by atoms with Crippen LogP contribution in [0.3, 0.4) is 0 Å². The molecule has 2 heteroatoms. The quantitative estimate of drug-likeness (QED) is 0.681. The highest BCUT2D eigenvalue weighted by Crippen LogP contribution is 2.27. The van der Waals surface area contributed by atoms with Crippen molar-refractivity contribution in [3.8, 4) is 0 Å². The first-order valence-electron chi connectivity index (χ1n) is 5.34. The molecular formula is C12H16ClN. The average Bonchev–Trinajstić information content (AvgIpc) is 2.50. The summed E-state index contributed by atoms with van der Waals surface area (Å²) in [6, 6.07) is 2.05. The van der Waals surface area contributed by atoms with E-state index in [9.17, 15) is 0 Å². The van der Waals surface area contributed by atoms with Crippen molar-refractivity contribution in [2.75, 3.05) is 0 Å². The van der Waals surface area contributed by atoms with Crippen LogP contribution in [0.4, 0.5) is 0 Å². The van der Waals surface area contributed by atoms with Crippen molar-refractivity contribution in [3.63, 3.8) is 0 Å². The number of pyridine rings is 1. The van der Waals surface area contributed by atoms with E-state index in [2.05, 4.69) is 18.8 Å².